The number of hydrogen-bond acceptors (Lipinski definition) is 3. The first-order valence-corrected chi connectivity index (χ1v) is 11.5. The van der Waals surface area contributed by atoms with Crippen molar-refractivity contribution in [3.05, 3.63) is 120 Å². The molecule has 3 nitrogen and oxygen atoms in total. The van der Waals surface area contributed by atoms with E-state index in [1.807, 2.05) is 0 Å². The zero-order valence-corrected chi connectivity index (χ0v) is 20.0. The fraction of sp³-hybridized carbons (Fsp3) is 0.133. The van der Waals surface area contributed by atoms with Crippen molar-refractivity contribution in [1.82, 2.24) is 0 Å². The van der Waals surface area contributed by atoms with Gasteiger partial charge in [-0.3, -0.25) is 0 Å². The number of rotatable bonds is 9. The minimum Gasteiger partial charge on any atom is -0.489 e. The van der Waals surface area contributed by atoms with Crippen molar-refractivity contribution in [2.75, 3.05) is 6.61 Å². The third-order valence-electron chi connectivity index (χ3n) is 5.83. The van der Waals surface area contributed by atoms with E-state index in [1.54, 1.807) is 31.2 Å². The predicted molar refractivity (Wildman–Crippen MR) is 134 cm³/mol. The molecule has 1 N–H and O–H groups in total. The summed E-state index contributed by atoms with van der Waals surface area (Å²) in [6, 6.07) is 18.3. The van der Waals surface area contributed by atoms with E-state index < -0.39 is 29.4 Å². The van der Waals surface area contributed by atoms with E-state index in [-0.39, 0.29) is 35.7 Å². The molecule has 37 heavy (non-hydrogen) atoms. The van der Waals surface area contributed by atoms with E-state index in [2.05, 4.69) is 6.58 Å². The molecule has 0 amide bonds. The summed E-state index contributed by atoms with van der Waals surface area (Å²) >= 11 is 0. The zero-order valence-electron chi connectivity index (χ0n) is 20.0. The van der Waals surface area contributed by atoms with Crippen LogP contribution in [-0.2, 0) is 6.61 Å². The molecular formula is C30H24F4O3. The van der Waals surface area contributed by atoms with Gasteiger partial charge in [-0.25, -0.2) is 13.2 Å². The smallest absolute Gasteiger partial charge is 0.201 e. The van der Waals surface area contributed by atoms with Gasteiger partial charge in [0.2, 0.25) is 5.82 Å². The van der Waals surface area contributed by atoms with Crippen molar-refractivity contribution in [2.45, 2.75) is 19.6 Å². The van der Waals surface area contributed by atoms with Gasteiger partial charge in [-0.2, -0.15) is 4.39 Å². The summed E-state index contributed by atoms with van der Waals surface area (Å²) in [4.78, 5) is 0. The Hall–Kier alpha value is -4.10. The van der Waals surface area contributed by atoms with E-state index >= 15 is 0 Å². The van der Waals surface area contributed by atoms with Crippen LogP contribution in [0.1, 0.15) is 24.2 Å². The maximum Gasteiger partial charge on any atom is 0.201 e. The predicted octanol–water partition coefficient (Wildman–Crippen LogP) is 7.77. The Kier molecular flexibility index (Phi) is 7.94. The molecule has 0 aliphatic rings. The molecule has 0 fully saturated rings. The van der Waals surface area contributed by atoms with E-state index in [4.69, 9.17) is 9.47 Å². The van der Waals surface area contributed by atoms with Gasteiger partial charge in [0, 0.05) is 16.7 Å². The van der Waals surface area contributed by atoms with Crippen LogP contribution < -0.4 is 9.47 Å². The molecule has 0 saturated heterocycles. The average molecular weight is 509 g/mol. The number of aliphatic hydroxyl groups excluding tert-OH is 1. The second kappa shape index (κ2) is 11.3. The molecule has 0 heterocycles. The van der Waals surface area contributed by atoms with Gasteiger partial charge in [0.05, 0.1) is 6.10 Å². The number of benzene rings is 4. The van der Waals surface area contributed by atoms with Crippen LogP contribution in [0.3, 0.4) is 0 Å². The molecule has 0 spiro atoms. The van der Waals surface area contributed by atoms with Gasteiger partial charge in [0.1, 0.15) is 19.0 Å². The number of ether oxygens (including phenoxy) is 2. The van der Waals surface area contributed by atoms with Gasteiger partial charge in [-0.05, 0) is 47.9 Å². The first-order chi connectivity index (χ1) is 17.8. The quantitative estimate of drug-likeness (QED) is 0.185. The SMILES string of the molecule is C=CCOc1ccc(-c2ccc(OCc3ccc(-c4ccc(C(C)O)cc4)c(F)c3F)cc2)c(F)c1F. The second-order valence-electron chi connectivity index (χ2n) is 8.35. The fourth-order valence-corrected chi connectivity index (χ4v) is 3.77. The molecule has 4 aromatic rings. The normalized spacial score (nSPS) is 11.7. The van der Waals surface area contributed by atoms with E-state index in [0.717, 1.165) is 0 Å². The minimum atomic E-state index is -1.10. The summed E-state index contributed by atoms with van der Waals surface area (Å²) in [7, 11) is 0. The molecule has 0 saturated carbocycles. The first kappa shape index (κ1) is 26.0. The van der Waals surface area contributed by atoms with Crippen LogP contribution in [0, 0.1) is 23.3 Å². The maximum atomic E-state index is 14.8. The Labute approximate surface area is 212 Å². The van der Waals surface area contributed by atoms with Gasteiger partial charge in [-0.1, -0.05) is 61.2 Å². The first-order valence-electron chi connectivity index (χ1n) is 11.5. The number of aliphatic hydroxyl groups is 1. The van der Waals surface area contributed by atoms with E-state index in [1.165, 1.54) is 54.6 Å². The third kappa shape index (κ3) is 5.67. The highest BCUT2D eigenvalue weighted by Gasteiger charge is 2.17. The maximum absolute atomic E-state index is 14.8. The van der Waals surface area contributed by atoms with Crippen molar-refractivity contribution in [3.8, 4) is 33.8 Å². The van der Waals surface area contributed by atoms with Crippen molar-refractivity contribution in [3.63, 3.8) is 0 Å². The fourth-order valence-electron chi connectivity index (χ4n) is 3.77. The summed E-state index contributed by atoms with van der Waals surface area (Å²) in [6.45, 7) is 4.90. The van der Waals surface area contributed by atoms with Crippen LogP contribution in [0.2, 0.25) is 0 Å². The molecule has 4 aromatic carbocycles. The van der Waals surface area contributed by atoms with Gasteiger partial charge in [0.25, 0.3) is 0 Å². The van der Waals surface area contributed by atoms with Crippen LogP contribution in [0.25, 0.3) is 22.3 Å². The molecule has 7 heteroatoms. The Morgan fingerprint density at radius 3 is 1.89 bits per heavy atom. The van der Waals surface area contributed by atoms with Crippen LogP contribution in [-0.4, -0.2) is 11.7 Å². The van der Waals surface area contributed by atoms with Crippen molar-refractivity contribution < 1.29 is 32.1 Å². The van der Waals surface area contributed by atoms with Gasteiger partial charge >= 0.3 is 0 Å². The van der Waals surface area contributed by atoms with Crippen LogP contribution in [0.4, 0.5) is 17.6 Å². The lowest BCUT2D eigenvalue weighted by atomic mass is 10.00. The standard InChI is InChI=1S/C30H24F4O3/c1-3-16-36-26-15-14-25(29(33)30(26)34)21-8-11-23(12-9-21)37-17-22-10-13-24(28(32)27(22)31)20-6-4-19(5-7-20)18(2)35/h3-15,18,35H,1,16-17H2,2H3. The molecule has 1 atom stereocenters. The Morgan fingerprint density at radius 1 is 0.730 bits per heavy atom. The zero-order chi connectivity index (χ0) is 26.5. The van der Waals surface area contributed by atoms with Gasteiger partial charge in [-0.15, -0.1) is 0 Å². The third-order valence-corrected chi connectivity index (χ3v) is 5.83. The Balaban J connectivity index is 1.46. The number of halogens is 4. The van der Waals surface area contributed by atoms with E-state index in [0.29, 0.717) is 22.4 Å². The molecule has 190 valence electrons. The van der Waals surface area contributed by atoms with E-state index in [9.17, 15) is 22.7 Å². The van der Waals surface area contributed by atoms with Gasteiger partial charge in [0.15, 0.2) is 23.2 Å². The lowest BCUT2D eigenvalue weighted by Gasteiger charge is -2.12. The van der Waals surface area contributed by atoms with Crippen LogP contribution in [0.15, 0.2) is 85.5 Å². The van der Waals surface area contributed by atoms with Gasteiger partial charge < -0.3 is 14.6 Å². The second-order valence-corrected chi connectivity index (χ2v) is 8.35. The summed E-state index contributed by atoms with van der Waals surface area (Å²) in [5, 5.41) is 9.62. The van der Waals surface area contributed by atoms with Crippen molar-refractivity contribution in [1.29, 1.82) is 0 Å². The summed E-state index contributed by atoms with van der Waals surface area (Å²) in [5.41, 5.74) is 1.71. The summed E-state index contributed by atoms with van der Waals surface area (Å²) < 4.78 is 69.0. The Morgan fingerprint density at radius 2 is 1.30 bits per heavy atom. The van der Waals surface area contributed by atoms with Crippen LogP contribution in [0.5, 0.6) is 11.5 Å². The Bertz CT molecular complexity index is 1400. The molecule has 0 bridgehead atoms. The minimum absolute atomic E-state index is 0.0224. The van der Waals surface area contributed by atoms with Crippen molar-refractivity contribution in [2.24, 2.45) is 0 Å². The largest absolute Gasteiger partial charge is 0.489 e. The molecular weight excluding hydrogens is 484 g/mol. The highest BCUT2D eigenvalue weighted by atomic mass is 19.2. The lowest BCUT2D eigenvalue weighted by Crippen LogP contribution is -2.02. The lowest BCUT2D eigenvalue weighted by molar-refractivity contribution is 0.199. The molecule has 4 rings (SSSR count). The monoisotopic (exact) mass is 508 g/mol. The number of hydrogen-bond donors (Lipinski definition) is 1. The summed E-state index contributed by atoms with van der Waals surface area (Å²) in [6.07, 6.45) is 0.767. The molecule has 1 unspecified atom stereocenters. The topological polar surface area (TPSA) is 38.7 Å². The summed E-state index contributed by atoms with van der Waals surface area (Å²) in [5.74, 6) is -4.04. The molecule has 0 aromatic heterocycles. The molecule has 0 radical (unpaired) electrons. The van der Waals surface area contributed by atoms with Crippen LogP contribution >= 0.6 is 0 Å². The molecule has 0 aliphatic heterocycles. The average Bonchev–Trinajstić information content (AvgIpc) is 2.91. The highest BCUT2D eigenvalue weighted by Crippen LogP contribution is 2.32. The van der Waals surface area contributed by atoms with Crippen molar-refractivity contribution >= 4 is 0 Å². The highest BCUT2D eigenvalue weighted by molar-refractivity contribution is 5.66. The molecule has 0 aliphatic carbocycles.